The molecule has 3 nitrogen and oxygen atoms in total. The monoisotopic (exact) mass is 294 g/mol. The van der Waals surface area contributed by atoms with Crippen molar-refractivity contribution >= 4 is 0 Å². The minimum absolute atomic E-state index is 0.128. The molecule has 0 amide bonds. The van der Waals surface area contributed by atoms with E-state index in [-0.39, 0.29) is 10.8 Å². The zero-order valence-corrected chi connectivity index (χ0v) is 14.3. The highest BCUT2D eigenvalue weighted by molar-refractivity contribution is 5.39. The lowest BCUT2D eigenvalue weighted by atomic mass is 9.98. The van der Waals surface area contributed by atoms with Crippen molar-refractivity contribution in [3.05, 3.63) is 29.3 Å². The van der Waals surface area contributed by atoms with Crippen LogP contribution in [0.2, 0.25) is 0 Å². The van der Waals surface area contributed by atoms with Gasteiger partial charge >= 0.3 is 0 Å². The molecule has 3 heteroatoms. The second kappa shape index (κ2) is 7.28. The number of aromatic hydroxyl groups is 1. The van der Waals surface area contributed by atoms with Crippen LogP contribution >= 0.6 is 0 Å². The average molecular weight is 294 g/mol. The second-order valence-electron chi connectivity index (χ2n) is 8.03. The number of hydrogen-bond acceptors (Lipinski definition) is 3. The van der Waals surface area contributed by atoms with Crippen LogP contribution in [0.15, 0.2) is 18.2 Å². The van der Waals surface area contributed by atoms with Crippen LogP contribution in [0.5, 0.6) is 5.75 Å². The second-order valence-corrected chi connectivity index (χ2v) is 8.03. The highest BCUT2D eigenvalue weighted by Gasteiger charge is 2.14. The quantitative estimate of drug-likeness (QED) is 0.838. The summed E-state index contributed by atoms with van der Waals surface area (Å²) in [6, 6.07) is 5.72. The molecule has 1 aromatic rings. The molecule has 1 N–H and O–H groups in total. The van der Waals surface area contributed by atoms with Crippen molar-refractivity contribution in [3.63, 3.8) is 0 Å². The minimum Gasteiger partial charge on any atom is -0.507 e. The Balaban J connectivity index is 2.57. The van der Waals surface area contributed by atoms with Gasteiger partial charge < -0.3 is 14.6 Å². The lowest BCUT2D eigenvalue weighted by Crippen LogP contribution is -2.15. The molecule has 0 fully saturated rings. The third-order valence-corrected chi connectivity index (χ3v) is 2.79. The van der Waals surface area contributed by atoms with Crippen LogP contribution in [-0.2, 0) is 22.7 Å². The minimum atomic E-state index is 0.128. The molecule has 1 aromatic carbocycles. The molecular weight excluding hydrogens is 264 g/mol. The molecule has 0 atom stereocenters. The Hall–Kier alpha value is -1.06. The van der Waals surface area contributed by atoms with E-state index >= 15 is 0 Å². The molecule has 0 aromatic heterocycles. The van der Waals surface area contributed by atoms with E-state index in [1.165, 1.54) is 0 Å². The van der Waals surface area contributed by atoms with Crippen LogP contribution in [0, 0.1) is 10.8 Å². The van der Waals surface area contributed by atoms with Crippen LogP contribution < -0.4 is 0 Å². The summed E-state index contributed by atoms with van der Waals surface area (Å²) in [6.07, 6.45) is 0. The maximum atomic E-state index is 10.3. The van der Waals surface area contributed by atoms with E-state index in [0.29, 0.717) is 32.2 Å². The first-order valence-corrected chi connectivity index (χ1v) is 7.54. The first kappa shape index (κ1) is 18.0. The van der Waals surface area contributed by atoms with Gasteiger partial charge in [0.25, 0.3) is 0 Å². The largest absolute Gasteiger partial charge is 0.507 e. The van der Waals surface area contributed by atoms with Gasteiger partial charge in [-0.3, -0.25) is 0 Å². The summed E-state index contributed by atoms with van der Waals surface area (Å²) in [5, 5.41) is 10.3. The van der Waals surface area contributed by atoms with Crippen LogP contribution in [0.3, 0.4) is 0 Å². The standard InChI is InChI=1S/C18H30O3/c1-17(2,3)12-20-10-14-8-7-9-15(16(14)19)11-21-13-18(4,5)6/h7-9,19H,10-13H2,1-6H3. The number of rotatable bonds is 6. The van der Waals surface area contributed by atoms with E-state index < -0.39 is 0 Å². The molecule has 0 spiro atoms. The molecule has 0 bridgehead atoms. The molecule has 0 unspecified atom stereocenters. The SMILES string of the molecule is CC(C)(C)COCc1cccc(COCC(C)(C)C)c1O. The third-order valence-electron chi connectivity index (χ3n) is 2.79. The van der Waals surface area contributed by atoms with Gasteiger partial charge in [0.15, 0.2) is 0 Å². The molecule has 0 aliphatic heterocycles. The van der Waals surface area contributed by atoms with Gasteiger partial charge in [-0.25, -0.2) is 0 Å². The Morgan fingerprint density at radius 1 is 0.810 bits per heavy atom. The van der Waals surface area contributed by atoms with Crippen LogP contribution in [0.4, 0.5) is 0 Å². The van der Waals surface area contributed by atoms with Crippen LogP contribution in [0.1, 0.15) is 52.7 Å². The van der Waals surface area contributed by atoms with Gasteiger partial charge in [-0.2, -0.15) is 0 Å². The van der Waals surface area contributed by atoms with Gasteiger partial charge in [0.1, 0.15) is 5.75 Å². The summed E-state index contributed by atoms with van der Waals surface area (Å²) in [5.74, 6) is 0.292. The van der Waals surface area contributed by atoms with Crippen molar-refractivity contribution in [2.45, 2.75) is 54.8 Å². The summed E-state index contributed by atoms with van der Waals surface area (Å²) >= 11 is 0. The molecule has 0 aliphatic rings. The molecule has 0 radical (unpaired) electrons. The predicted octanol–water partition coefficient (Wildman–Crippen LogP) is 4.52. The van der Waals surface area contributed by atoms with Crippen molar-refractivity contribution in [2.24, 2.45) is 10.8 Å². The highest BCUT2D eigenvalue weighted by Crippen LogP contribution is 2.25. The summed E-state index contributed by atoms with van der Waals surface area (Å²) in [6.45, 7) is 15.0. The maximum absolute atomic E-state index is 10.3. The van der Waals surface area contributed by atoms with E-state index in [1.807, 2.05) is 18.2 Å². The fraction of sp³-hybridized carbons (Fsp3) is 0.667. The number of phenols is 1. The lowest BCUT2D eigenvalue weighted by molar-refractivity contribution is 0.0550. The zero-order valence-electron chi connectivity index (χ0n) is 14.3. The summed E-state index contributed by atoms with van der Waals surface area (Å²) in [4.78, 5) is 0. The van der Waals surface area contributed by atoms with E-state index in [2.05, 4.69) is 41.5 Å². The Bertz CT molecular complexity index is 401. The Morgan fingerprint density at radius 2 is 1.19 bits per heavy atom. The zero-order chi connectivity index (χ0) is 16.1. The molecule has 0 heterocycles. The topological polar surface area (TPSA) is 38.7 Å². The van der Waals surface area contributed by atoms with Gasteiger partial charge in [0, 0.05) is 11.1 Å². The highest BCUT2D eigenvalue weighted by atomic mass is 16.5. The first-order chi connectivity index (χ1) is 9.58. The molecule has 120 valence electrons. The van der Waals surface area contributed by atoms with Crippen molar-refractivity contribution in [1.82, 2.24) is 0 Å². The number of hydrogen-bond donors (Lipinski definition) is 1. The fourth-order valence-electron chi connectivity index (χ4n) is 1.81. The smallest absolute Gasteiger partial charge is 0.126 e. The average Bonchev–Trinajstić information content (AvgIpc) is 2.30. The van der Waals surface area contributed by atoms with Crippen molar-refractivity contribution in [3.8, 4) is 5.75 Å². The number of phenolic OH excluding ortho intramolecular Hbond substituents is 1. The van der Waals surface area contributed by atoms with Crippen molar-refractivity contribution in [2.75, 3.05) is 13.2 Å². The lowest BCUT2D eigenvalue weighted by Gasteiger charge is -2.19. The molecule has 1 rings (SSSR count). The van der Waals surface area contributed by atoms with Gasteiger partial charge in [-0.05, 0) is 10.8 Å². The van der Waals surface area contributed by atoms with Gasteiger partial charge in [0.2, 0.25) is 0 Å². The number of ether oxygens (including phenoxy) is 2. The fourth-order valence-corrected chi connectivity index (χ4v) is 1.81. The molecule has 21 heavy (non-hydrogen) atoms. The molecular formula is C18H30O3. The summed E-state index contributed by atoms with van der Waals surface area (Å²) < 4.78 is 11.4. The van der Waals surface area contributed by atoms with E-state index in [4.69, 9.17) is 9.47 Å². The Labute approximate surface area is 129 Å². The Morgan fingerprint density at radius 3 is 1.52 bits per heavy atom. The third kappa shape index (κ3) is 7.49. The molecule has 0 saturated heterocycles. The van der Waals surface area contributed by atoms with Crippen molar-refractivity contribution < 1.29 is 14.6 Å². The van der Waals surface area contributed by atoms with E-state index in [0.717, 1.165) is 11.1 Å². The maximum Gasteiger partial charge on any atom is 0.126 e. The van der Waals surface area contributed by atoms with E-state index in [1.54, 1.807) is 0 Å². The first-order valence-electron chi connectivity index (χ1n) is 7.54. The molecule has 0 saturated carbocycles. The van der Waals surface area contributed by atoms with Gasteiger partial charge in [-0.15, -0.1) is 0 Å². The van der Waals surface area contributed by atoms with Gasteiger partial charge in [-0.1, -0.05) is 59.7 Å². The summed E-state index contributed by atoms with van der Waals surface area (Å²) in [5.41, 5.74) is 1.89. The van der Waals surface area contributed by atoms with E-state index in [9.17, 15) is 5.11 Å². The normalized spacial score (nSPS) is 12.7. The predicted molar refractivity (Wildman–Crippen MR) is 86.3 cm³/mol. The Kier molecular flexibility index (Phi) is 6.24. The van der Waals surface area contributed by atoms with Crippen molar-refractivity contribution in [1.29, 1.82) is 0 Å². The number of para-hydroxylation sites is 1. The van der Waals surface area contributed by atoms with Crippen LogP contribution in [-0.4, -0.2) is 18.3 Å². The van der Waals surface area contributed by atoms with Crippen LogP contribution in [0.25, 0.3) is 0 Å². The number of benzene rings is 1. The van der Waals surface area contributed by atoms with Gasteiger partial charge in [0.05, 0.1) is 26.4 Å². The summed E-state index contributed by atoms with van der Waals surface area (Å²) in [7, 11) is 0. The molecule has 0 aliphatic carbocycles.